The Labute approximate surface area is 114 Å². The zero-order chi connectivity index (χ0) is 13.8. The van der Waals surface area contributed by atoms with Gasteiger partial charge in [-0.1, -0.05) is 0 Å². The molecule has 7 heteroatoms. The van der Waals surface area contributed by atoms with E-state index < -0.39 is 6.67 Å². The highest BCUT2D eigenvalue weighted by molar-refractivity contribution is 6.28. The van der Waals surface area contributed by atoms with Crippen LogP contribution in [0.4, 0.5) is 10.2 Å². The first kappa shape index (κ1) is 13.6. The Morgan fingerprint density at radius 1 is 1.21 bits per heavy atom. The van der Waals surface area contributed by atoms with E-state index in [0.717, 1.165) is 0 Å². The average molecular weight is 286 g/mol. The van der Waals surface area contributed by atoms with E-state index in [1.807, 2.05) is 0 Å². The van der Waals surface area contributed by atoms with E-state index in [-0.39, 0.29) is 11.8 Å². The molecule has 0 saturated heterocycles. The lowest BCUT2D eigenvalue weighted by Gasteiger charge is -2.12. The van der Waals surface area contributed by atoms with Crippen molar-refractivity contribution in [1.29, 1.82) is 0 Å². The minimum atomic E-state index is -0.504. The Bertz CT molecular complexity index is 595. The van der Waals surface area contributed by atoms with Gasteiger partial charge in [0, 0.05) is 18.0 Å². The minimum Gasteiger partial charge on any atom is -0.493 e. The van der Waals surface area contributed by atoms with E-state index in [2.05, 4.69) is 15.3 Å². The molecule has 0 saturated carbocycles. The van der Waals surface area contributed by atoms with Gasteiger partial charge in [-0.05, 0) is 17.7 Å². The third-order valence-corrected chi connectivity index (χ3v) is 2.73. The number of ether oxygens (including phenoxy) is 2. The molecule has 102 valence electrons. The summed E-state index contributed by atoms with van der Waals surface area (Å²) in [5, 5.41) is 3.63. The van der Waals surface area contributed by atoms with E-state index in [1.54, 1.807) is 12.1 Å². The fourth-order valence-electron chi connectivity index (χ4n) is 1.73. The standard InChI is InChI=1S/C12H13ClFN3O2/c1-18-9-5-7-8(6-10(9)19-2)16-12(13)17-11(7)15-4-3-14/h5-6H,3-4H2,1-2H3,(H,15,16,17). The van der Waals surface area contributed by atoms with E-state index >= 15 is 0 Å². The van der Waals surface area contributed by atoms with Crippen LogP contribution in [-0.4, -0.2) is 37.4 Å². The van der Waals surface area contributed by atoms with E-state index in [1.165, 1.54) is 14.2 Å². The van der Waals surface area contributed by atoms with Crippen LogP contribution in [0.5, 0.6) is 11.5 Å². The van der Waals surface area contributed by atoms with Crippen LogP contribution < -0.4 is 14.8 Å². The number of hydrogen-bond acceptors (Lipinski definition) is 5. The van der Waals surface area contributed by atoms with Crippen molar-refractivity contribution in [3.8, 4) is 11.5 Å². The summed E-state index contributed by atoms with van der Waals surface area (Å²) in [6.45, 7) is -0.354. The Hall–Kier alpha value is -1.82. The van der Waals surface area contributed by atoms with Gasteiger partial charge in [0.2, 0.25) is 5.28 Å². The van der Waals surface area contributed by atoms with Crippen LogP contribution in [0.15, 0.2) is 12.1 Å². The summed E-state index contributed by atoms with van der Waals surface area (Å²) in [6.07, 6.45) is 0. The van der Waals surface area contributed by atoms with Gasteiger partial charge in [0.25, 0.3) is 0 Å². The lowest BCUT2D eigenvalue weighted by molar-refractivity contribution is 0.356. The Morgan fingerprint density at radius 3 is 2.53 bits per heavy atom. The van der Waals surface area contributed by atoms with Crippen molar-refractivity contribution in [2.75, 3.05) is 32.8 Å². The maximum absolute atomic E-state index is 12.3. The van der Waals surface area contributed by atoms with Crippen molar-refractivity contribution >= 4 is 28.3 Å². The molecule has 19 heavy (non-hydrogen) atoms. The largest absolute Gasteiger partial charge is 0.493 e. The number of alkyl halides is 1. The number of benzene rings is 1. The Morgan fingerprint density at radius 2 is 1.89 bits per heavy atom. The molecule has 0 fully saturated rings. The van der Waals surface area contributed by atoms with E-state index in [4.69, 9.17) is 21.1 Å². The first-order valence-electron chi connectivity index (χ1n) is 5.58. The third-order valence-electron chi connectivity index (χ3n) is 2.56. The summed E-state index contributed by atoms with van der Waals surface area (Å²) in [4.78, 5) is 8.16. The number of nitrogens with one attached hydrogen (secondary N) is 1. The molecule has 0 spiro atoms. The lowest BCUT2D eigenvalue weighted by atomic mass is 10.2. The molecule has 2 aromatic rings. The number of methoxy groups -OCH3 is 2. The molecule has 0 atom stereocenters. The van der Waals surface area contributed by atoms with Crippen molar-refractivity contribution in [1.82, 2.24) is 9.97 Å². The second-order valence-corrected chi connectivity index (χ2v) is 4.02. The van der Waals surface area contributed by atoms with Gasteiger partial charge < -0.3 is 14.8 Å². The molecular weight excluding hydrogens is 273 g/mol. The summed E-state index contributed by atoms with van der Waals surface area (Å²) in [5.41, 5.74) is 0.596. The molecule has 1 heterocycles. The van der Waals surface area contributed by atoms with Gasteiger partial charge in [-0.2, -0.15) is 0 Å². The monoisotopic (exact) mass is 285 g/mol. The highest BCUT2D eigenvalue weighted by Crippen LogP contribution is 2.34. The predicted molar refractivity (Wildman–Crippen MR) is 72.1 cm³/mol. The summed E-state index contributed by atoms with van der Waals surface area (Å²) < 4.78 is 22.7. The first-order chi connectivity index (χ1) is 9.19. The SMILES string of the molecule is COc1cc2nc(Cl)nc(NCCF)c2cc1OC. The number of rotatable bonds is 5. The van der Waals surface area contributed by atoms with Gasteiger partial charge in [0.1, 0.15) is 12.5 Å². The second-order valence-electron chi connectivity index (χ2n) is 3.68. The average Bonchev–Trinajstić information content (AvgIpc) is 2.43. The minimum absolute atomic E-state index is 0.0843. The van der Waals surface area contributed by atoms with Crippen LogP contribution in [0.1, 0.15) is 0 Å². The van der Waals surface area contributed by atoms with E-state index in [9.17, 15) is 4.39 Å². The summed E-state index contributed by atoms with van der Waals surface area (Å²) in [5.74, 6) is 1.55. The maximum atomic E-state index is 12.3. The zero-order valence-corrected chi connectivity index (χ0v) is 11.3. The molecule has 0 aliphatic rings. The molecule has 0 radical (unpaired) electrons. The fraction of sp³-hybridized carbons (Fsp3) is 0.333. The zero-order valence-electron chi connectivity index (χ0n) is 10.5. The summed E-state index contributed by atoms with van der Waals surface area (Å²) >= 11 is 5.84. The Balaban J connectivity index is 2.61. The normalized spacial score (nSPS) is 10.5. The van der Waals surface area contributed by atoms with Crippen molar-refractivity contribution in [3.63, 3.8) is 0 Å². The number of halogens is 2. The predicted octanol–water partition coefficient (Wildman–Crippen LogP) is 2.68. The van der Waals surface area contributed by atoms with Crippen LogP contribution in [0.25, 0.3) is 10.9 Å². The van der Waals surface area contributed by atoms with Gasteiger partial charge in [0.05, 0.1) is 19.7 Å². The smallest absolute Gasteiger partial charge is 0.224 e. The second kappa shape index (κ2) is 5.88. The first-order valence-corrected chi connectivity index (χ1v) is 5.96. The highest BCUT2D eigenvalue weighted by Gasteiger charge is 2.12. The van der Waals surface area contributed by atoms with Gasteiger partial charge in [-0.3, -0.25) is 0 Å². The Kier molecular flexibility index (Phi) is 4.21. The third kappa shape index (κ3) is 2.78. The van der Waals surface area contributed by atoms with Gasteiger partial charge in [0.15, 0.2) is 11.5 Å². The van der Waals surface area contributed by atoms with Crippen molar-refractivity contribution < 1.29 is 13.9 Å². The van der Waals surface area contributed by atoms with Crippen molar-refractivity contribution in [3.05, 3.63) is 17.4 Å². The number of fused-ring (bicyclic) bond motifs is 1. The molecule has 0 aliphatic heterocycles. The molecule has 0 unspecified atom stereocenters. The summed E-state index contributed by atoms with van der Waals surface area (Å²) in [7, 11) is 3.07. The van der Waals surface area contributed by atoms with Gasteiger partial charge >= 0.3 is 0 Å². The van der Waals surface area contributed by atoms with Crippen LogP contribution >= 0.6 is 11.6 Å². The van der Waals surface area contributed by atoms with Crippen molar-refractivity contribution in [2.45, 2.75) is 0 Å². The molecule has 1 aromatic heterocycles. The number of anilines is 1. The molecule has 2 rings (SSSR count). The molecular formula is C12H13ClFN3O2. The molecule has 5 nitrogen and oxygen atoms in total. The van der Waals surface area contributed by atoms with Crippen LogP contribution in [0.3, 0.4) is 0 Å². The molecule has 0 bridgehead atoms. The fourth-order valence-corrected chi connectivity index (χ4v) is 1.90. The van der Waals surface area contributed by atoms with Crippen LogP contribution in [-0.2, 0) is 0 Å². The quantitative estimate of drug-likeness (QED) is 0.856. The molecule has 0 amide bonds. The molecule has 1 N–H and O–H groups in total. The van der Waals surface area contributed by atoms with Crippen molar-refractivity contribution in [2.24, 2.45) is 0 Å². The van der Waals surface area contributed by atoms with E-state index in [0.29, 0.717) is 28.2 Å². The van der Waals surface area contributed by atoms with Gasteiger partial charge in [-0.25, -0.2) is 14.4 Å². The van der Waals surface area contributed by atoms with Crippen LogP contribution in [0, 0.1) is 0 Å². The number of nitrogens with zero attached hydrogens (tertiary/aromatic N) is 2. The topological polar surface area (TPSA) is 56.3 Å². The number of aromatic nitrogens is 2. The number of hydrogen-bond donors (Lipinski definition) is 1. The molecule has 0 aliphatic carbocycles. The maximum Gasteiger partial charge on any atom is 0.224 e. The molecule has 1 aromatic carbocycles. The van der Waals surface area contributed by atoms with Crippen LogP contribution in [0.2, 0.25) is 5.28 Å². The van der Waals surface area contributed by atoms with Gasteiger partial charge in [-0.15, -0.1) is 0 Å². The lowest BCUT2D eigenvalue weighted by Crippen LogP contribution is -2.06. The highest BCUT2D eigenvalue weighted by atomic mass is 35.5. The summed E-state index contributed by atoms with van der Waals surface area (Å²) in [6, 6.07) is 3.42.